The molecule has 12 heteroatoms. The third kappa shape index (κ3) is 3.86. The van der Waals surface area contributed by atoms with Crippen molar-refractivity contribution in [2.24, 2.45) is 0 Å². The second-order valence-corrected chi connectivity index (χ2v) is 7.51. The molecular formula is C22H19ClF2N6O3. The number of anilines is 1. The molecule has 4 rings (SSSR count). The number of halogens is 3. The Balaban J connectivity index is 1.87. The Bertz CT molecular complexity index is 1540. The van der Waals surface area contributed by atoms with Gasteiger partial charge in [-0.05, 0) is 18.4 Å². The van der Waals surface area contributed by atoms with E-state index >= 15 is 8.78 Å². The summed E-state index contributed by atoms with van der Waals surface area (Å²) in [5.74, 6) is -1.44. The van der Waals surface area contributed by atoms with E-state index in [4.69, 9.17) is 25.6 Å². The van der Waals surface area contributed by atoms with Gasteiger partial charge in [0, 0.05) is 19.0 Å². The van der Waals surface area contributed by atoms with Crippen molar-refractivity contribution in [2.45, 2.75) is 12.3 Å². The van der Waals surface area contributed by atoms with E-state index in [0.717, 1.165) is 0 Å². The number of pyridine rings is 1. The molecule has 1 atom stereocenters. The summed E-state index contributed by atoms with van der Waals surface area (Å²) in [6, 6.07) is 0. The number of fused-ring (bicyclic) bond motifs is 1. The summed E-state index contributed by atoms with van der Waals surface area (Å²) in [4.78, 5) is 25.3. The summed E-state index contributed by atoms with van der Waals surface area (Å²) in [7, 11) is -6.44. The first-order valence-corrected chi connectivity index (χ1v) is 10.00. The number of hydrogen-bond donors (Lipinski definition) is 1. The number of aromatic nitrogens is 4. The van der Waals surface area contributed by atoms with E-state index in [-0.39, 0.29) is 40.6 Å². The first kappa shape index (κ1) is 16.7. The predicted molar refractivity (Wildman–Crippen MR) is 120 cm³/mol. The lowest BCUT2D eigenvalue weighted by Gasteiger charge is -2.14. The van der Waals surface area contributed by atoms with Crippen LogP contribution in [0.2, 0.25) is 5.15 Å². The molecule has 0 bridgehead atoms. The fourth-order valence-electron chi connectivity index (χ4n) is 3.66. The number of rotatable bonds is 4. The van der Waals surface area contributed by atoms with Crippen LogP contribution in [0.15, 0.2) is 18.9 Å². The third-order valence-electron chi connectivity index (χ3n) is 5.23. The molecule has 1 aliphatic rings. The fourth-order valence-corrected chi connectivity index (χ4v) is 3.88. The van der Waals surface area contributed by atoms with E-state index < -0.39 is 43.0 Å². The number of nitrogens with two attached hydrogens (primary N) is 1. The normalized spacial score (nSPS) is 18.6. The van der Waals surface area contributed by atoms with Gasteiger partial charge in [0.2, 0.25) is 17.5 Å². The maximum absolute atomic E-state index is 15.1. The maximum atomic E-state index is 15.1. The van der Waals surface area contributed by atoms with Gasteiger partial charge in [-0.15, -0.1) is 0 Å². The largest absolute Gasteiger partial charge is 0.479 e. The van der Waals surface area contributed by atoms with E-state index in [1.54, 1.807) is 4.90 Å². The van der Waals surface area contributed by atoms with E-state index in [0.29, 0.717) is 18.8 Å². The standard InChI is InChI=1S/C22H19ClF2N6O3/c1-4-15(32)30-8-7-11(10-30)20-28-13(18-19(26)27-9-14(23)31(18)20)6-5-12-16(24)21(33-2)29-22(34-3)17(12)25/h4,9,11H,1,7-8,10H2,2-3H3,(H2,26,27)/t11-/m0/s1/i2D3,3D3. The Hall–Kier alpha value is -3.91. The second-order valence-electron chi connectivity index (χ2n) is 7.12. The average molecular weight is 495 g/mol. The Morgan fingerprint density at radius 3 is 2.68 bits per heavy atom. The molecule has 1 fully saturated rings. The molecule has 1 amide bonds. The summed E-state index contributed by atoms with van der Waals surface area (Å²) < 4.78 is 83.8. The summed E-state index contributed by atoms with van der Waals surface area (Å²) in [5.41, 5.74) is 4.95. The topological polar surface area (TPSA) is 108 Å². The van der Waals surface area contributed by atoms with Crippen molar-refractivity contribution >= 4 is 28.8 Å². The predicted octanol–water partition coefficient (Wildman–Crippen LogP) is 2.56. The number of hydrogen-bond acceptors (Lipinski definition) is 7. The first-order valence-electron chi connectivity index (χ1n) is 12.6. The summed E-state index contributed by atoms with van der Waals surface area (Å²) >= 11 is 6.38. The zero-order valence-corrected chi connectivity index (χ0v) is 18.0. The lowest BCUT2D eigenvalue weighted by molar-refractivity contribution is -0.125. The van der Waals surface area contributed by atoms with Crippen LogP contribution in [0.3, 0.4) is 0 Å². The minimum absolute atomic E-state index is 0.0713. The molecule has 0 radical (unpaired) electrons. The molecule has 176 valence electrons. The highest BCUT2D eigenvalue weighted by Crippen LogP contribution is 2.32. The Labute approximate surface area is 206 Å². The molecule has 0 spiro atoms. The fraction of sp³-hybridized carbons (Fsp3) is 0.273. The number of carbonyl (C=O) groups is 1. The van der Waals surface area contributed by atoms with E-state index in [1.807, 2.05) is 0 Å². The molecule has 4 heterocycles. The van der Waals surface area contributed by atoms with Crippen molar-refractivity contribution in [1.29, 1.82) is 0 Å². The van der Waals surface area contributed by atoms with Crippen LogP contribution in [-0.4, -0.2) is 57.3 Å². The van der Waals surface area contributed by atoms with Crippen LogP contribution in [0.5, 0.6) is 11.8 Å². The Kier molecular flexibility index (Phi) is 4.48. The van der Waals surface area contributed by atoms with Gasteiger partial charge in [-0.1, -0.05) is 24.1 Å². The van der Waals surface area contributed by atoms with Crippen molar-refractivity contribution in [3.8, 4) is 23.6 Å². The minimum atomic E-state index is -3.22. The van der Waals surface area contributed by atoms with Crippen molar-refractivity contribution in [3.05, 3.63) is 52.7 Å². The number of nitrogens with zero attached hydrogens (tertiary/aromatic N) is 5. The van der Waals surface area contributed by atoms with E-state index in [2.05, 4.69) is 42.8 Å². The average Bonchev–Trinajstić information content (AvgIpc) is 3.48. The van der Waals surface area contributed by atoms with Crippen molar-refractivity contribution in [2.75, 3.05) is 32.9 Å². The number of carbonyl (C=O) groups excluding carboxylic acids is 1. The summed E-state index contributed by atoms with van der Waals surface area (Å²) in [6.07, 6.45) is 2.96. The second kappa shape index (κ2) is 9.15. The van der Waals surface area contributed by atoms with Crippen LogP contribution in [0.1, 0.15) is 37.6 Å². The summed E-state index contributed by atoms with van der Waals surface area (Å²) in [5, 5.41) is 0.0937. The van der Waals surface area contributed by atoms with Gasteiger partial charge in [-0.3, -0.25) is 9.20 Å². The third-order valence-corrected chi connectivity index (χ3v) is 5.49. The zero-order chi connectivity index (χ0) is 29.6. The zero-order valence-electron chi connectivity index (χ0n) is 23.2. The molecule has 3 aromatic heterocycles. The smallest absolute Gasteiger partial charge is 0.254 e. The molecule has 9 nitrogen and oxygen atoms in total. The van der Waals surface area contributed by atoms with Gasteiger partial charge in [0.25, 0.3) is 11.8 Å². The molecule has 0 aliphatic carbocycles. The van der Waals surface area contributed by atoms with Gasteiger partial charge in [0.1, 0.15) is 27.8 Å². The molecular weight excluding hydrogens is 470 g/mol. The number of ether oxygens (including phenoxy) is 2. The number of nitrogen functional groups attached to an aromatic ring is 1. The van der Waals surface area contributed by atoms with E-state index in [1.165, 1.54) is 16.7 Å². The highest BCUT2D eigenvalue weighted by molar-refractivity contribution is 6.29. The van der Waals surface area contributed by atoms with Gasteiger partial charge in [0.15, 0.2) is 5.82 Å². The van der Waals surface area contributed by atoms with Crippen LogP contribution in [0.4, 0.5) is 14.6 Å². The number of imidazole rings is 1. The lowest BCUT2D eigenvalue weighted by Crippen LogP contribution is -2.26. The molecule has 0 unspecified atom stereocenters. The van der Waals surface area contributed by atoms with E-state index in [9.17, 15) is 4.79 Å². The molecule has 3 aromatic rings. The molecule has 1 saturated heterocycles. The monoisotopic (exact) mass is 494 g/mol. The lowest BCUT2D eigenvalue weighted by atomic mass is 10.1. The quantitative estimate of drug-likeness (QED) is 0.438. The van der Waals surface area contributed by atoms with Crippen molar-refractivity contribution in [1.82, 2.24) is 24.3 Å². The molecule has 34 heavy (non-hydrogen) atoms. The highest BCUT2D eigenvalue weighted by Gasteiger charge is 2.31. The SMILES string of the molecule is [2H]C([2H])([2H])Oc1nc(OC([2H])([2H])[2H])c(F)c(C#Cc2nc([C@H]3CCN(C(=O)C=C)C3)n3c(Cl)cnc(N)c23)c1F. The summed E-state index contributed by atoms with van der Waals surface area (Å²) in [6.45, 7) is 4.16. The Morgan fingerprint density at radius 1 is 1.32 bits per heavy atom. The molecule has 1 aliphatic heterocycles. The van der Waals surface area contributed by atoms with Gasteiger partial charge in [0.05, 0.1) is 28.5 Å². The number of amides is 1. The van der Waals surface area contributed by atoms with Crippen LogP contribution >= 0.6 is 11.6 Å². The van der Waals surface area contributed by atoms with Crippen LogP contribution in [0.25, 0.3) is 5.52 Å². The molecule has 0 saturated carbocycles. The van der Waals surface area contributed by atoms with Crippen molar-refractivity contribution in [3.63, 3.8) is 0 Å². The number of methoxy groups -OCH3 is 2. The Morgan fingerprint density at radius 2 is 2.03 bits per heavy atom. The van der Waals surface area contributed by atoms with Crippen LogP contribution < -0.4 is 15.2 Å². The molecule has 0 aromatic carbocycles. The first-order chi connectivity index (χ1) is 18.6. The molecule has 2 N–H and O–H groups in total. The van der Waals surface area contributed by atoms with Crippen LogP contribution in [0, 0.1) is 23.5 Å². The minimum Gasteiger partial charge on any atom is -0.479 e. The van der Waals surface area contributed by atoms with Crippen LogP contribution in [-0.2, 0) is 4.79 Å². The maximum Gasteiger partial charge on any atom is 0.254 e. The van der Waals surface area contributed by atoms with Crippen molar-refractivity contribution < 1.29 is 31.3 Å². The van der Waals surface area contributed by atoms with Gasteiger partial charge >= 0.3 is 0 Å². The highest BCUT2D eigenvalue weighted by atomic mass is 35.5. The van der Waals surface area contributed by atoms with Gasteiger partial charge in [-0.2, -0.15) is 13.8 Å². The number of likely N-dealkylation sites (tertiary alicyclic amines) is 1. The van der Waals surface area contributed by atoms with Gasteiger partial charge < -0.3 is 20.1 Å². The van der Waals surface area contributed by atoms with Gasteiger partial charge in [-0.25, -0.2) is 9.97 Å².